The lowest BCUT2D eigenvalue weighted by Crippen LogP contribution is -1.87. The Kier molecular flexibility index (Phi) is 2.33. The maximum Gasteiger partial charge on any atom is 0.141 e. The molecule has 1 aromatic carbocycles. The van der Waals surface area contributed by atoms with Crippen LogP contribution in [0, 0.1) is 24.1 Å². The van der Waals surface area contributed by atoms with Gasteiger partial charge in [0.1, 0.15) is 16.9 Å². The number of nitriles is 1. The number of nitrogens with zero attached hydrogens (tertiary/aromatic N) is 1. The van der Waals surface area contributed by atoms with Crippen LogP contribution >= 0.6 is 11.3 Å². The second-order valence-electron chi connectivity index (χ2n) is 3.24. The van der Waals surface area contributed by atoms with E-state index in [-0.39, 0.29) is 5.82 Å². The minimum Gasteiger partial charge on any atom is -0.379 e. The summed E-state index contributed by atoms with van der Waals surface area (Å²) in [6.07, 6.45) is 0. The van der Waals surface area contributed by atoms with Gasteiger partial charge in [-0.05, 0) is 18.6 Å². The number of benzene rings is 1. The van der Waals surface area contributed by atoms with Crippen molar-refractivity contribution in [3.05, 3.63) is 29.1 Å². The van der Waals surface area contributed by atoms with Crippen molar-refractivity contribution in [2.24, 2.45) is 0 Å². The first-order valence-electron chi connectivity index (χ1n) is 4.48. The highest BCUT2D eigenvalue weighted by molar-refractivity contribution is 7.23. The Morgan fingerprint density at radius 3 is 2.80 bits per heavy atom. The van der Waals surface area contributed by atoms with Gasteiger partial charge in [-0.2, -0.15) is 5.26 Å². The van der Waals surface area contributed by atoms with Crippen molar-refractivity contribution in [2.45, 2.75) is 6.92 Å². The number of halogens is 1. The summed E-state index contributed by atoms with van der Waals surface area (Å²) in [7, 11) is 1.73. The number of hydrogen-bond acceptors (Lipinski definition) is 3. The van der Waals surface area contributed by atoms with Gasteiger partial charge in [0.05, 0.1) is 10.3 Å². The van der Waals surface area contributed by atoms with Gasteiger partial charge in [0.15, 0.2) is 0 Å². The minimum absolute atomic E-state index is 0.265. The number of aryl methyl sites for hydroxylation is 1. The summed E-state index contributed by atoms with van der Waals surface area (Å²) in [5.41, 5.74) is 1.47. The molecule has 0 radical (unpaired) electrons. The van der Waals surface area contributed by atoms with Crippen LogP contribution in [0.2, 0.25) is 0 Å². The summed E-state index contributed by atoms with van der Waals surface area (Å²) in [5.74, 6) is -0.265. The number of nitrogens with one attached hydrogen (secondary N) is 1. The summed E-state index contributed by atoms with van der Waals surface area (Å²) < 4.78 is 14.1. The average Bonchev–Trinajstić information content (AvgIpc) is 2.63. The maximum absolute atomic E-state index is 13.5. The second kappa shape index (κ2) is 3.52. The molecule has 0 aliphatic rings. The van der Waals surface area contributed by atoms with Gasteiger partial charge in [0.2, 0.25) is 0 Å². The Hall–Kier alpha value is -1.60. The van der Waals surface area contributed by atoms with Gasteiger partial charge in [-0.3, -0.25) is 0 Å². The van der Waals surface area contributed by atoms with Crippen molar-refractivity contribution in [2.75, 3.05) is 12.4 Å². The monoisotopic (exact) mass is 220 g/mol. The lowest BCUT2D eigenvalue weighted by atomic mass is 10.1. The third-order valence-corrected chi connectivity index (χ3v) is 3.55. The average molecular weight is 220 g/mol. The largest absolute Gasteiger partial charge is 0.379 e. The zero-order valence-corrected chi connectivity index (χ0v) is 9.20. The van der Waals surface area contributed by atoms with E-state index in [0.717, 1.165) is 16.0 Å². The Labute approximate surface area is 91.0 Å². The smallest absolute Gasteiger partial charge is 0.141 e. The molecule has 0 bridgehead atoms. The van der Waals surface area contributed by atoms with E-state index in [2.05, 4.69) is 11.4 Å². The van der Waals surface area contributed by atoms with Crippen molar-refractivity contribution in [1.29, 1.82) is 5.26 Å². The zero-order chi connectivity index (χ0) is 11.0. The molecule has 1 aromatic heterocycles. The summed E-state index contributed by atoms with van der Waals surface area (Å²) in [5, 5.41) is 13.4. The number of rotatable bonds is 1. The van der Waals surface area contributed by atoms with E-state index in [1.54, 1.807) is 13.1 Å². The van der Waals surface area contributed by atoms with Gasteiger partial charge >= 0.3 is 0 Å². The highest BCUT2D eigenvalue weighted by Gasteiger charge is 2.15. The van der Waals surface area contributed by atoms with Crippen LogP contribution in [0.25, 0.3) is 10.1 Å². The summed E-state index contributed by atoms with van der Waals surface area (Å²) in [6.45, 7) is 1.88. The molecule has 2 nitrogen and oxygen atoms in total. The molecule has 1 N–H and O–H groups in total. The molecular weight excluding hydrogens is 211 g/mol. The molecule has 0 aliphatic carbocycles. The van der Waals surface area contributed by atoms with E-state index in [1.165, 1.54) is 17.4 Å². The molecule has 2 rings (SSSR count). The predicted molar refractivity (Wildman–Crippen MR) is 60.8 cm³/mol. The van der Waals surface area contributed by atoms with Crippen molar-refractivity contribution < 1.29 is 4.39 Å². The van der Waals surface area contributed by atoms with Gasteiger partial charge in [0.25, 0.3) is 0 Å². The standard InChI is InChI=1S/C11H9FN2S/c1-6-3-4-8(12)10-9(6)7(5-13)11(14-2)15-10/h3-4,14H,1-2H3. The van der Waals surface area contributed by atoms with E-state index in [0.29, 0.717) is 10.3 Å². The van der Waals surface area contributed by atoms with Gasteiger partial charge in [0, 0.05) is 12.4 Å². The zero-order valence-electron chi connectivity index (χ0n) is 8.39. The third-order valence-electron chi connectivity index (χ3n) is 2.34. The van der Waals surface area contributed by atoms with Crippen molar-refractivity contribution in [3.8, 4) is 6.07 Å². The van der Waals surface area contributed by atoms with E-state index >= 15 is 0 Å². The molecule has 0 spiro atoms. The molecule has 0 atom stereocenters. The molecule has 76 valence electrons. The highest BCUT2D eigenvalue weighted by Crippen LogP contribution is 2.38. The molecule has 0 saturated heterocycles. The van der Waals surface area contributed by atoms with E-state index in [1.807, 2.05) is 6.92 Å². The maximum atomic E-state index is 13.5. The van der Waals surface area contributed by atoms with Crippen LogP contribution < -0.4 is 5.32 Å². The van der Waals surface area contributed by atoms with Gasteiger partial charge in [-0.25, -0.2) is 4.39 Å². The molecule has 0 saturated carbocycles. The second-order valence-corrected chi connectivity index (χ2v) is 4.26. The topological polar surface area (TPSA) is 35.8 Å². The molecule has 4 heteroatoms. The predicted octanol–water partition coefficient (Wildman–Crippen LogP) is 3.26. The molecular formula is C11H9FN2S. The van der Waals surface area contributed by atoms with E-state index in [9.17, 15) is 4.39 Å². The molecule has 2 aromatic rings. The van der Waals surface area contributed by atoms with Crippen LogP contribution in [0.5, 0.6) is 0 Å². The summed E-state index contributed by atoms with van der Waals surface area (Å²) in [4.78, 5) is 0. The van der Waals surface area contributed by atoms with Crippen LogP contribution in [-0.2, 0) is 0 Å². The highest BCUT2D eigenvalue weighted by atomic mass is 32.1. The van der Waals surface area contributed by atoms with Crippen LogP contribution in [0.3, 0.4) is 0 Å². The lowest BCUT2D eigenvalue weighted by molar-refractivity contribution is 0.641. The first-order valence-corrected chi connectivity index (χ1v) is 5.30. The number of fused-ring (bicyclic) bond motifs is 1. The number of anilines is 1. The molecule has 0 aliphatic heterocycles. The molecule has 0 unspecified atom stereocenters. The third kappa shape index (κ3) is 1.36. The molecule has 0 amide bonds. The Bertz CT molecular complexity index is 566. The lowest BCUT2D eigenvalue weighted by Gasteiger charge is -1.97. The van der Waals surface area contributed by atoms with E-state index < -0.39 is 0 Å². The van der Waals surface area contributed by atoms with Crippen molar-refractivity contribution >= 4 is 26.4 Å². The Morgan fingerprint density at radius 2 is 2.20 bits per heavy atom. The van der Waals surface area contributed by atoms with Gasteiger partial charge in [-0.1, -0.05) is 6.07 Å². The van der Waals surface area contributed by atoms with Crippen LogP contribution in [0.4, 0.5) is 9.39 Å². The summed E-state index contributed by atoms with van der Waals surface area (Å²) in [6, 6.07) is 5.26. The minimum atomic E-state index is -0.265. The van der Waals surface area contributed by atoms with Crippen molar-refractivity contribution in [1.82, 2.24) is 0 Å². The molecule has 1 heterocycles. The Morgan fingerprint density at radius 1 is 1.47 bits per heavy atom. The quantitative estimate of drug-likeness (QED) is 0.800. The first-order chi connectivity index (χ1) is 7.19. The summed E-state index contributed by atoms with van der Waals surface area (Å²) >= 11 is 1.28. The van der Waals surface area contributed by atoms with Crippen molar-refractivity contribution in [3.63, 3.8) is 0 Å². The van der Waals surface area contributed by atoms with Gasteiger partial charge in [-0.15, -0.1) is 11.3 Å². The van der Waals surface area contributed by atoms with Crippen LogP contribution in [-0.4, -0.2) is 7.05 Å². The number of hydrogen-bond donors (Lipinski definition) is 1. The van der Waals surface area contributed by atoms with E-state index in [4.69, 9.17) is 5.26 Å². The van der Waals surface area contributed by atoms with Crippen LogP contribution in [0.1, 0.15) is 11.1 Å². The fourth-order valence-electron chi connectivity index (χ4n) is 1.62. The molecule has 0 fully saturated rings. The fraction of sp³-hybridized carbons (Fsp3) is 0.182. The molecule has 15 heavy (non-hydrogen) atoms. The SMILES string of the molecule is CNc1sc2c(F)ccc(C)c2c1C#N. The number of thiophene rings is 1. The normalized spacial score (nSPS) is 10.3. The van der Waals surface area contributed by atoms with Gasteiger partial charge < -0.3 is 5.32 Å². The Balaban J connectivity index is 2.96. The van der Waals surface area contributed by atoms with Crippen LogP contribution in [0.15, 0.2) is 12.1 Å². The first kappa shape index (κ1) is 9.94. The fourth-order valence-corrected chi connectivity index (χ4v) is 2.70.